The first-order chi connectivity index (χ1) is 30.2. The summed E-state index contributed by atoms with van der Waals surface area (Å²) in [6, 6.07) is -0.646. The molecule has 0 rings (SSSR count). The summed E-state index contributed by atoms with van der Waals surface area (Å²) in [6.07, 6.45) is 77.2. The molecule has 0 saturated carbocycles. The van der Waals surface area contributed by atoms with E-state index >= 15 is 0 Å². The van der Waals surface area contributed by atoms with Crippen LogP contribution >= 0.6 is 0 Å². The van der Waals surface area contributed by atoms with Crippen LogP contribution in [0.5, 0.6) is 0 Å². The van der Waals surface area contributed by atoms with Gasteiger partial charge >= 0.3 is 0 Å². The van der Waals surface area contributed by atoms with E-state index in [1.165, 1.54) is 141 Å². The smallest absolute Gasteiger partial charge is 0.220 e. The summed E-state index contributed by atoms with van der Waals surface area (Å²) in [5.74, 6) is -0.0805. The van der Waals surface area contributed by atoms with Gasteiger partial charge in [-0.1, -0.05) is 246 Å². The van der Waals surface area contributed by atoms with E-state index in [2.05, 4.69) is 104 Å². The van der Waals surface area contributed by atoms with E-state index in [4.69, 9.17) is 0 Å². The maximum absolute atomic E-state index is 12.4. The van der Waals surface area contributed by atoms with Gasteiger partial charge in [-0.15, -0.1) is 0 Å². The number of carbonyl (C=O) groups excluding carboxylic acids is 1. The van der Waals surface area contributed by atoms with Gasteiger partial charge in [0.15, 0.2) is 0 Å². The maximum Gasteiger partial charge on any atom is 0.220 e. The molecule has 0 aromatic carbocycles. The molecule has 0 fully saturated rings. The van der Waals surface area contributed by atoms with Crippen molar-refractivity contribution in [2.45, 2.75) is 251 Å². The number of aliphatic hydroxyl groups excluding tert-OH is 2. The minimum Gasteiger partial charge on any atom is -0.394 e. The highest BCUT2D eigenvalue weighted by molar-refractivity contribution is 5.76. The normalized spacial score (nSPS) is 13.7. The number of allylic oxidation sites excluding steroid dienone is 15. The standard InChI is InChI=1S/C57H99NO3/c1-3-5-7-9-11-13-15-16-17-18-19-20-21-22-23-24-25-26-27-28-29-30-31-32-33-34-35-36-37-38-39-40-41-42-43-45-47-49-51-53-57(61)58-55(54-59)56(60)52-50-48-46-44-14-12-10-8-6-4-2/h5-8,11,13-14,16-17,19-20,22-23,44,50,52,55-56,59-60H,3-4,9-10,12,15,18,21,24-43,45-49,51,53-54H2,1-2H3,(H,58,61)/b7-5-,8-6+,13-11-,17-16-,20-19-,23-22-,44-14+,52-50+. The fraction of sp³-hybridized carbons (Fsp3) is 0.702. The Morgan fingerprint density at radius 1 is 0.393 bits per heavy atom. The first-order valence-electron chi connectivity index (χ1n) is 26.0. The second-order valence-electron chi connectivity index (χ2n) is 17.2. The largest absolute Gasteiger partial charge is 0.394 e. The summed E-state index contributed by atoms with van der Waals surface area (Å²) in [4.78, 5) is 12.4. The molecule has 0 aliphatic heterocycles. The van der Waals surface area contributed by atoms with Crippen LogP contribution in [0, 0.1) is 0 Å². The molecule has 0 saturated heterocycles. The molecular weight excluding hydrogens is 747 g/mol. The van der Waals surface area contributed by atoms with E-state index in [0.29, 0.717) is 6.42 Å². The van der Waals surface area contributed by atoms with Crippen molar-refractivity contribution in [3.05, 3.63) is 97.2 Å². The van der Waals surface area contributed by atoms with Crippen LogP contribution in [0.25, 0.3) is 0 Å². The third-order valence-electron chi connectivity index (χ3n) is 11.3. The molecule has 0 aromatic rings. The van der Waals surface area contributed by atoms with Crippen molar-refractivity contribution < 1.29 is 15.0 Å². The lowest BCUT2D eigenvalue weighted by atomic mass is 10.0. The Morgan fingerprint density at radius 3 is 1.08 bits per heavy atom. The van der Waals surface area contributed by atoms with Gasteiger partial charge in [0, 0.05) is 6.42 Å². The van der Waals surface area contributed by atoms with Crippen molar-refractivity contribution in [3.63, 3.8) is 0 Å². The third-order valence-corrected chi connectivity index (χ3v) is 11.3. The highest BCUT2D eigenvalue weighted by atomic mass is 16.3. The molecular formula is C57H99NO3. The Bertz CT molecular complexity index is 1140. The van der Waals surface area contributed by atoms with E-state index in [1.807, 2.05) is 6.08 Å². The second kappa shape index (κ2) is 51.7. The van der Waals surface area contributed by atoms with Crippen molar-refractivity contribution >= 4 is 5.91 Å². The molecule has 61 heavy (non-hydrogen) atoms. The Balaban J connectivity index is 3.42. The Labute approximate surface area is 379 Å². The molecule has 0 aliphatic rings. The molecule has 0 bridgehead atoms. The summed E-state index contributed by atoms with van der Waals surface area (Å²) >= 11 is 0. The molecule has 2 unspecified atom stereocenters. The fourth-order valence-corrected chi connectivity index (χ4v) is 7.42. The molecule has 0 radical (unpaired) electrons. The zero-order chi connectivity index (χ0) is 44.2. The number of hydrogen-bond acceptors (Lipinski definition) is 3. The van der Waals surface area contributed by atoms with Crippen molar-refractivity contribution in [2.75, 3.05) is 6.61 Å². The van der Waals surface area contributed by atoms with E-state index < -0.39 is 12.1 Å². The minimum atomic E-state index is -0.870. The Hall–Kier alpha value is -2.69. The fourth-order valence-electron chi connectivity index (χ4n) is 7.42. The predicted molar refractivity (Wildman–Crippen MR) is 271 cm³/mol. The van der Waals surface area contributed by atoms with E-state index in [1.54, 1.807) is 6.08 Å². The SMILES string of the molecule is CC/C=C\C/C=C\C/C=C\C/C=C\C/C=C\CCCCCCCCCCCCCCCCCCCCCCCCCC(=O)NC(CO)C(O)/C=C/CC/C=C/CC/C=C/CC. The maximum atomic E-state index is 12.4. The molecule has 0 heterocycles. The number of amides is 1. The number of unbranched alkanes of at least 4 members (excludes halogenated alkanes) is 25. The monoisotopic (exact) mass is 846 g/mol. The summed E-state index contributed by atoms with van der Waals surface area (Å²) in [5, 5.41) is 22.9. The van der Waals surface area contributed by atoms with Gasteiger partial charge in [-0.2, -0.15) is 0 Å². The Kier molecular flexibility index (Phi) is 49.4. The van der Waals surface area contributed by atoms with Gasteiger partial charge in [0.2, 0.25) is 5.91 Å². The average Bonchev–Trinajstić information content (AvgIpc) is 3.26. The van der Waals surface area contributed by atoms with E-state index in [-0.39, 0.29) is 12.5 Å². The van der Waals surface area contributed by atoms with Gasteiger partial charge in [-0.05, 0) is 83.5 Å². The van der Waals surface area contributed by atoms with Crippen molar-refractivity contribution in [1.29, 1.82) is 0 Å². The highest BCUT2D eigenvalue weighted by Gasteiger charge is 2.17. The van der Waals surface area contributed by atoms with Crippen LogP contribution in [0.1, 0.15) is 239 Å². The van der Waals surface area contributed by atoms with Gasteiger partial charge in [-0.25, -0.2) is 0 Å². The van der Waals surface area contributed by atoms with Crippen LogP contribution in [-0.4, -0.2) is 34.9 Å². The van der Waals surface area contributed by atoms with Gasteiger partial charge in [0.1, 0.15) is 0 Å². The van der Waals surface area contributed by atoms with Crippen molar-refractivity contribution in [1.82, 2.24) is 5.32 Å². The summed E-state index contributed by atoms with van der Waals surface area (Å²) in [7, 11) is 0. The molecule has 1 amide bonds. The molecule has 4 heteroatoms. The van der Waals surface area contributed by atoms with Crippen LogP contribution in [0.15, 0.2) is 97.2 Å². The lowest BCUT2D eigenvalue weighted by molar-refractivity contribution is -0.123. The summed E-state index contributed by atoms with van der Waals surface area (Å²) < 4.78 is 0. The average molecular weight is 846 g/mol. The number of rotatable bonds is 46. The molecule has 3 N–H and O–H groups in total. The third kappa shape index (κ3) is 48.2. The van der Waals surface area contributed by atoms with Crippen LogP contribution in [0.2, 0.25) is 0 Å². The number of hydrogen-bond donors (Lipinski definition) is 3. The van der Waals surface area contributed by atoms with Gasteiger partial charge in [-0.3, -0.25) is 4.79 Å². The van der Waals surface area contributed by atoms with Crippen molar-refractivity contribution in [2.24, 2.45) is 0 Å². The molecule has 2 atom stereocenters. The van der Waals surface area contributed by atoms with Crippen LogP contribution < -0.4 is 5.32 Å². The van der Waals surface area contributed by atoms with Gasteiger partial charge in [0.05, 0.1) is 18.8 Å². The number of aliphatic hydroxyl groups is 2. The quantitative estimate of drug-likeness (QED) is 0.0422. The van der Waals surface area contributed by atoms with Crippen LogP contribution in [0.4, 0.5) is 0 Å². The van der Waals surface area contributed by atoms with Crippen molar-refractivity contribution in [3.8, 4) is 0 Å². The zero-order valence-corrected chi connectivity index (χ0v) is 40.2. The van der Waals surface area contributed by atoms with Gasteiger partial charge < -0.3 is 15.5 Å². The molecule has 350 valence electrons. The first-order valence-corrected chi connectivity index (χ1v) is 26.0. The van der Waals surface area contributed by atoms with E-state index in [0.717, 1.165) is 77.0 Å². The Morgan fingerprint density at radius 2 is 0.689 bits per heavy atom. The molecule has 0 aromatic heterocycles. The topological polar surface area (TPSA) is 69.6 Å². The minimum absolute atomic E-state index is 0.0805. The zero-order valence-electron chi connectivity index (χ0n) is 40.2. The summed E-state index contributed by atoms with van der Waals surface area (Å²) in [5.41, 5.74) is 0. The van der Waals surface area contributed by atoms with Gasteiger partial charge in [0.25, 0.3) is 0 Å². The number of nitrogens with one attached hydrogen (secondary N) is 1. The lowest BCUT2D eigenvalue weighted by Crippen LogP contribution is -2.45. The van der Waals surface area contributed by atoms with Crippen LogP contribution in [0.3, 0.4) is 0 Å². The lowest BCUT2D eigenvalue weighted by Gasteiger charge is -2.19. The second-order valence-corrected chi connectivity index (χ2v) is 17.2. The highest BCUT2D eigenvalue weighted by Crippen LogP contribution is 2.16. The predicted octanol–water partition coefficient (Wildman–Crippen LogP) is 17.0. The first kappa shape index (κ1) is 58.3. The molecule has 4 nitrogen and oxygen atoms in total. The number of carbonyl (C=O) groups is 1. The summed E-state index contributed by atoms with van der Waals surface area (Å²) in [6.45, 7) is 4.05. The van der Waals surface area contributed by atoms with Crippen LogP contribution in [-0.2, 0) is 4.79 Å². The molecule has 0 aliphatic carbocycles. The molecule has 0 spiro atoms. The van der Waals surface area contributed by atoms with E-state index in [9.17, 15) is 15.0 Å².